The molecule has 1 aliphatic heterocycles. The third-order valence-electron chi connectivity index (χ3n) is 5.49. The summed E-state index contributed by atoms with van der Waals surface area (Å²) in [6.07, 6.45) is 7.15. The second kappa shape index (κ2) is 8.62. The highest BCUT2D eigenvalue weighted by Gasteiger charge is 2.35. The van der Waals surface area contributed by atoms with Crippen molar-refractivity contribution < 1.29 is 14.0 Å². The summed E-state index contributed by atoms with van der Waals surface area (Å²) in [5.41, 5.74) is 0.427. The van der Waals surface area contributed by atoms with E-state index in [1.54, 1.807) is 24.1 Å². The summed E-state index contributed by atoms with van der Waals surface area (Å²) in [6.45, 7) is 1.17. The predicted octanol–water partition coefficient (Wildman–Crippen LogP) is 2.88. The van der Waals surface area contributed by atoms with E-state index in [4.69, 9.17) is 0 Å². The van der Waals surface area contributed by atoms with Gasteiger partial charge in [-0.3, -0.25) is 14.5 Å². The van der Waals surface area contributed by atoms with Gasteiger partial charge in [-0.15, -0.1) is 0 Å². The number of fused-ring (bicyclic) bond motifs is 1. The van der Waals surface area contributed by atoms with Crippen molar-refractivity contribution in [3.05, 3.63) is 30.1 Å². The first-order valence-corrected chi connectivity index (χ1v) is 9.56. The van der Waals surface area contributed by atoms with Crippen molar-refractivity contribution in [2.24, 2.45) is 5.92 Å². The fraction of sp³-hybridized carbons (Fsp3) is 0.600. The van der Waals surface area contributed by atoms with Gasteiger partial charge < -0.3 is 10.2 Å². The highest BCUT2D eigenvalue weighted by Crippen LogP contribution is 2.35. The molecule has 1 aliphatic carbocycles. The minimum atomic E-state index is -0.390. The molecule has 1 aromatic carbocycles. The lowest BCUT2D eigenvalue weighted by molar-refractivity contribution is -0.138. The summed E-state index contributed by atoms with van der Waals surface area (Å²) in [4.78, 5) is 28.6. The molecule has 2 atom stereocenters. The van der Waals surface area contributed by atoms with Gasteiger partial charge >= 0.3 is 0 Å². The number of piperidine rings is 1. The Hall–Kier alpha value is -1.95. The van der Waals surface area contributed by atoms with Crippen molar-refractivity contribution in [2.45, 2.75) is 44.6 Å². The van der Waals surface area contributed by atoms with Gasteiger partial charge in [-0.1, -0.05) is 18.9 Å². The average molecular weight is 361 g/mol. The number of halogens is 1. The van der Waals surface area contributed by atoms with Gasteiger partial charge in [0.2, 0.25) is 11.8 Å². The number of hydrogen-bond acceptors (Lipinski definition) is 3. The zero-order valence-electron chi connectivity index (χ0n) is 15.4. The van der Waals surface area contributed by atoms with Gasteiger partial charge in [0.1, 0.15) is 5.82 Å². The van der Waals surface area contributed by atoms with Gasteiger partial charge in [-0.2, -0.15) is 0 Å². The number of hydrogen-bond donors (Lipinski definition) is 1. The molecule has 1 N–H and O–H groups in total. The molecule has 1 aromatic rings. The zero-order chi connectivity index (χ0) is 18.5. The maximum atomic E-state index is 13.2. The van der Waals surface area contributed by atoms with Crippen molar-refractivity contribution >= 4 is 17.5 Å². The van der Waals surface area contributed by atoms with Crippen LogP contribution in [-0.4, -0.2) is 54.3 Å². The Morgan fingerprint density at radius 2 is 1.96 bits per heavy atom. The number of likely N-dealkylation sites (tertiary alicyclic amines) is 1. The number of nitrogens with zero attached hydrogens (tertiary/aromatic N) is 2. The Labute approximate surface area is 154 Å². The van der Waals surface area contributed by atoms with Crippen LogP contribution in [0.4, 0.5) is 10.1 Å². The topological polar surface area (TPSA) is 52.7 Å². The highest BCUT2D eigenvalue weighted by molar-refractivity contribution is 5.92. The molecule has 26 heavy (non-hydrogen) atoms. The minimum Gasteiger partial charge on any atom is -0.338 e. The number of anilines is 1. The fourth-order valence-electron chi connectivity index (χ4n) is 4.32. The van der Waals surface area contributed by atoms with E-state index in [2.05, 4.69) is 5.32 Å². The summed E-state index contributed by atoms with van der Waals surface area (Å²) in [5.74, 6) is 0.129. The van der Waals surface area contributed by atoms with Crippen LogP contribution < -0.4 is 5.32 Å². The van der Waals surface area contributed by atoms with Gasteiger partial charge in [-0.25, -0.2) is 4.39 Å². The molecule has 1 heterocycles. The van der Waals surface area contributed by atoms with Crippen molar-refractivity contribution in [2.75, 3.05) is 32.0 Å². The number of rotatable bonds is 5. The summed E-state index contributed by atoms with van der Waals surface area (Å²) in [5, 5.41) is 2.67. The molecule has 2 fully saturated rings. The lowest BCUT2D eigenvalue weighted by Crippen LogP contribution is -2.52. The first kappa shape index (κ1) is 18.8. The summed E-state index contributed by atoms with van der Waals surface area (Å²) < 4.78 is 13.2. The van der Waals surface area contributed by atoms with Crippen molar-refractivity contribution in [3.8, 4) is 0 Å². The number of nitrogens with one attached hydrogen (secondary N) is 1. The first-order chi connectivity index (χ1) is 12.5. The normalized spacial score (nSPS) is 22.8. The number of amides is 2. The molecule has 142 valence electrons. The summed E-state index contributed by atoms with van der Waals surface area (Å²) in [6, 6.07) is 6.19. The second-order valence-electron chi connectivity index (χ2n) is 7.57. The van der Waals surface area contributed by atoms with Crippen LogP contribution in [0.3, 0.4) is 0 Å². The maximum Gasteiger partial charge on any atom is 0.238 e. The van der Waals surface area contributed by atoms with Gasteiger partial charge in [0.15, 0.2) is 0 Å². The Kier molecular flexibility index (Phi) is 6.25. The molecule has 5 nitrogen and oxygen atoms in total. The Morgan fingerprint density at radius 3 is 2.77 bits per heavy atom. The number of carbonyl (C=O) groups is 2. The summed E-state index contributed by atoms with van der Waals surface area (Å²) >= 11 is 0. The van der Waals surface area contributed by atoms with Crippen molar-refractivity contribution in [3.63, 3.8) is 0 Å². The van der Waals surface area contributed by atoms with Crippen LogP contribution in [0.5, 0.6) is 0 Å². The van der Waals surface area contributed by atoms with Crippen LogP contribution in [0.15, 0.2) is 24.3 Å². The van der Waals surface area contributed by atoms with E-state index >= 15 is 0 Å². The fourth-order valence-corrected chi connectivity index (χ4v) is 4.32. The molecular weight excluding hydrogens is 333 g/mol. The third kappa shape index (κ3) is 4.81. The molecule has 0 bridgehead atoms. The second-order valence-corrected chi connectivity index (χ2v) is 7.57. The smallest absolute Gasteiger partial charge is 0.238 e. The molecule has 0 aromatic heterocycles. The minimum absolute atomic E-state index is 0.101. The van der Waals surface area contributed by atoms with E-state index in [1.807, 2.05) is 4.90 Å². The Balaban J connectivity index is 1.49. The molecule has 1 saturated carbocycles. The molecule has 0 unspecified atom stereocenters. The Morgan fingerprint density at radius 1 is 1.19 bits per heavy atom. The SMILES string of the molecule is CN(CC(=O)Nc1cccc(F)c1)CC(=O)N1CCC[C@H]2CCCC[C@@H]21. The van der Waals surface area contributed by atoms with Gasteiger partial charge in [-0.05, 0) is 56.8 Å². The first-order valence-electron chi connectivity index (χ1n) is 9.56. The van der Waals surface area contributed by atoms with E-state index < -0.39 is 5.82 Å². The Bertz CT molecular complexity index is 650. The molecule has 1 saturated heterocycles. The molecule has 0 radical (unpaired) electrons. The number of likely N-dealkylation sites (N-methyl/N-ethyl adjacent to an activating group) is 1. The third-order valence-corrected chi connectivity index (χ3v) is 5.49. The predicted molar refractivity (Wildman–Crippen MR) is 99.2 cm³/mol. The summed E-state index contributed by atoms with van der Waals surface area (Å²) in [7, 11) is 1.77. The monoisotopic (exact) mass is 361 g/mol. The highest BCUT2D eigenvalue weighted by atomic mass is 19.1. The maximum absolute atomic E-state index is 13.2. The standard InChI is InChI=1S/C20H28FN3O2/c1-23(13-19(25)22-17-9-4-8-16(21)12-17)14-20(26)24-11-5-7-15-6-2-3-10-18(15)24/h4,8-9,12,15,18H,2-3,5-7,10-11,13-14H2,1H3,(H,22,25)/t15-,18+/m1/s1. The van der Waals surface area contributed by atoms with E-state index in [0.29, 0.717) is 17.6 Å². The zero-order valence-corrected chi connectivity index (χ0v) is 15.4. The lowest BCUT2D eigenvalue weighted by atomic mass is 9.78. The van der Waals surface area contributed by atoms with Crippen LogP contribution in [0.25, 0.3) is 0 Å². The largest absolute Gasteiger partial charge is 0.338 e. The van der Waals surface area contributed by atoms with E-state index in [1.165, 1.54) is 37.8 Å². The van der Waals surface area contributed by atoms with E-state index in [0.717, 1.165) is 19.4 Å². The molecule has 2 aliphatic rings. The van der Waals surface area contributed by atoms with Gasteiger partial charge in [0.05, 0.1) is 13.1 Å². The molecule has 6 heteroatoms. The number of benzene rings is 1. The molecule has 0 spiro atoms. The average Bonchev–Trinajstić information content (AvgIpc) is 2.60. The van der Waals surface area contributed by atoms with Crippen LogP contribution in [0, 0.1) is 11.7 Å². The molecule has 2 amide bonds. The molecule has 3 rings (SSSR count). The van der Waals surface area contributed by atoms with Crippen LogP contribution in [0.1, 0.15) is 38.5 Å². The van der Waals surface area contributed by atoms with Gasteiger partial charge in [0.25, 0.3) is 0 Å². The van der Waals surface area contributed by atoms with Crippen molar-refractivity contribution in [1.29, 1.82) is 0 Å². The van der Waals surface area contributed by atoms with E-state index in [9.17, 15) is 14.0 Å². The number of carbonyl (C=O) groups excluding carboxylic acids is 2. The van der Waals surface area contributed by atoms with Crippen LogP contribution in [0.2, 0.25) is 0 Å². The quantitative estimate of drug-likeness (QED) is 0.877. The van der Waals surface area contributed by atoms with Crippen LogP contribution in [-0.2, 0) is 9.59 Å². The van der Waals surface area contributed by atoms with Crippen molar-refractivity contribution in [1.82, 2.24) is 9.80 Å². The molecular formula is C20H28FN3O2. The van der Waals surface area contributed by atoms with E-state index in [-0.39, 0.29) is 24.9 Å². The lowest BCUT2D eigenvalue weighted by Gasteiger charge is -2.44. The van der Waals surface area contributed by atoms with Gasteiger partial charge in [0, 0.05) is 18.3 Å². The van der Waals surface area contributed by atoms with Crippen LogP contribution >= 0.6 is 0 Å².